The summed E-state index contributed by atoms with van der Waals surface area (Å²) in [5.41, 5.74) is 0.443. The molecule has 4 heteroatoms. The third-order valence-corrected chi connectivity index (χ3v) is 2.50. The van der Waals surface area contributed by atoms with E-state index in [4.69, 9.17) is 4.74 Å². The van der Waals surface area contributed by atoms with Crippen LogP contribution >= 0.6 is 0 Å². The smallest absolute Gasteiger partial charge is 0.161 e. The molecule has 0 heterocycles. The maximum absolute atomic E-state index is 9.61. The van der Waals surface area contributed by atoms with Crippen LogP contribution in [0.25, 0.3) is 0 Å². The quantitative estimate of drug-likeness (QED) is 0.664. The lowest BCUT2D eigenvalue weighted by molar-refractivity contribution is -0.00900. The third-order valence-electron chi connectivity index (χ3n) is 2.50. The summed E-state index contributed by atoms with van der Waals surface area (Å²) in [5, 5.41) is 22.1. The fourth-order valence-corrected chi connectivity index (χ4v) is 1.66. The summed E-state index contributed by atoms with van der Waals surface area (Å²) < 4.78 is 5.55. The molecular weight excluding hydrogens is 218 g/mol. The van der Waals surface area contributed by atoms with Gasteiger partial charge in [0.15, 0.2) is 11.5 Å². The van der Waals surface area contributed by atoms with Crippen LogP contribution in [0.4, 0.5) is 0 Å². The van der Waals surface area contributed by atoms with Crippen LogP contribution in [0, 0.1) is 0 Å². The van der Waals surface area contributed by atoms with Crippen LogP contribution in [0.3, 0.4) is 0 Å². The highest BCUT2D eigenvalue weighted by molar-refractivity contribution is 5.44. The van der Waals surface area contributed by atoms with Gasteiger partial charge in [-0.05, 0) is 26.8 Å². The molecule has 0 atom stereocenters. The molecular formula is C13H21NO3. The number of benzene rings is 1. The van der Waals surface area contributed by atoms with Gasteiger partial charge in [-0.25, -0.2) is 0 Å². The van der Waals surface area contributed by atoms with Crippen molar-refractivity contribution in [3.8, 4) is 11.5 Å². The van der Waals surface area contributed by atoms with E-state index in [1.807, 2.05) is 20.8 Å². The zero-order valence-electron chi connectivity index (χ0n) is 10.7. The molecule has 0 aliphatic heterocycles. The predicted octanol–water partition coefficient (Wildman–Crippen LogP) is 2.00. The lowest BCUT2D eigenvalue weighted by atomic mass is 10.1. The second-order valence-electron chi connectivity index (χ2n) is 4.58. The molecule has 0 fully saturated rings. The first-order valence-electron chi connectivity index (χ1n) is 5.81. The second-order valence-corrected chi connectivity index (χ2v) is 4.58. The second kappa shape index (κ2) is 5.89. The zero-order valence-corrected chi connectivity index (χ0v) is 10.7. The molecule has 17 heavy (non-hydrogen) atoms. The van der Waals surface area contributed by atoms with Gasteiger partial charge < -0.3 is 20.3 Å². The van der Waals surface area contributed by atoms with Gasteiger partial charge in [0.2, 0.25) is 0 Å². The average Bonchev–Trinajstić information content (AvgIpc) is 2.24. The van der Waals surface area contributed by atoms with E-state index in [0.717, 1.165) is 0 Å². The van der Waals surface area contributed by atoms with Crippen molar-refractivity contribution in [2.75, 3.05) is 13.2 Å². The van der Waals surface area contributed by atoms with Gasteiger partial charge in [0.1, 0.15) is 0 Å². The summed E-state index contributed by atoms with van der Waals surface area (Å²) >= 11 is 0. The number of para-hydroxylation sites is 1. The van der Waals surface area contributed by atoms with Gasteiger partial charge >= 0.3 is 0 Å². The molecule has 0 saturated carbocycles. The Bertz CT molecular complexity index is 364. The molecule has 0 spiro atoms. The Kier molecular flexibility index (Phi) is 4.78. The van der Waals surface area contributed by atoms with Gasteiger partial charge in [-0.15, -0.1) is 0 Å². The number of hydrogen-bond donors (Lipinski definition) is 3. The number of nitrogens with one attached hydrogen (secondary N) is 1. The molecule has 0 aliphatic carbocycles. The fraction of sp³-hybridized carbons (Fsp3) is 0.538. The highest BCUT2D eigenvalue weighted by atomic mass is 16.5. The van der Waals surface area contributed by atoms with E-state index in [9.17, 15) is 10.2 Å². The van der Waals surface area contributed by atoms with Crippen molar-refractivity contribution in [3.63, 3.8) is 0 Å². The normalized spacial score (nSPS) is 11.7. The Morgan fingerprint density at radius 1 is 1.29 bits per heavy atom. The van der Waals surface area contributed by atoms with E-state index >= 15 is 0 Å². The highest BCUT2D eigenvalue weighted by Crippen LogP contribution is 2.27. The minimum atomic E-state index is -0.235. The summed E-state index contributed by atoms with van der Waals surface area (Å²) in [6, 6.07) is 4.94. The van der Waals surface area contributed by atoms with E-state index in [0.29, 0.717) is 25.3 Å². The molecule has 0 aliphatic rings. The van der Waals surface area contributed by atoms with Gasteiger partial charge in [-0.3, -0.25) is 0 Å². The Morgan fingerprint density at radius 3 is 2.65 bits per heavy atom. The lowest BCUT2D eigenvalue weighted by Gasteiger charge is -2.25. The molecule has 0 bridgehead atoms. The topological polar surface area (TPSA) is 61.7 Å². The van der Waals surface area contributed by atoms with E-state index < -0.39 is 0 Å². The molecule has 1 rings (SSSR count). The summed E-state index contributed by atoms with van der Waals surface area (Å²) in [7, 11) is 0. The standard InChI is InChI=1S/C13H21NO3/c1-4-17-13(2,3)9-14-8-10-6-5-7-11(15)12(10)16/h5-7,14-16H,4,8-9H2,1-3H3. The van der Waals surface area contributed by atoms with Crippen LogP contribution < -0.4 is 5.32 Å². The van der Waals surface area contributed by atoms with Crippen molar-refractivity contribution in [1.29, 1.82) is 0 Å². The Balaban J connectivity index is 2.49. The van der Waals surface area contributed by atoms with E-state index in [1.54, 1.807) is 12.1 Å². The summed E-state index contributed by atoms with van der Waals surface area (Å²) in [6.45, 7) is 7.82. The van der Waals surface area contributed by atoms with Crippen molar-refractivity contribution in [3.05, 3.63) is 23.8 Å². The monoisotopic (exact) mass is 239 g/mol. The molecule has 0 unspecified atom stereocenters. The van der Waals surface area contributed by atoms with Gasteiger partial charge in [-0.2, -0.15) is 0 Å². The average molecular weight is 239 g/mol. The van der Waals surface area contributed by atoms with Crippen LogP contribution in [-0.2, 0) is 11.3 Å². The van der Waals surface area contributed by atoms with Crippen LogP contribution in [0.5, 0.6) is 11.5 Å². The maximum Gasteiger partial charge on any atom is 0.161 e. The minimum absolute atomic E-state index is 0.0609. The number of phenols is 2. The van der Waals surface area contributed by atoms with Crippen molar-refractivity contribution in [1.82, 2.24) is 5.32 Å². The summed E-state index contributed by atoms with van der Waals surface area (Å²) in [4.78, 5) is 0. The van der Waals surface area contributed by atoms with Crippen molar-refractivity contribution < 1.29 is 14.9 Å². The molecule has 4 nitrogen and oxygen atoms in total. The Labute approximate surface area is 102 Å². The predicted molar refractivity (Wildman–Crippen MR) is 67.2 cm³/mol. The highest BCUT2D eigenvalue weighted by Gasteiger charge is 2.17. The van der Waals surface area contributed by atoms with Crippen LogP contribution in [0.15, 0.2) is 18.2 Å². The fourth-order valence-electron chi connectivity index (χ4n) is 1.66. The van der Waals surface area contributed by atoms with Crippen molar-refractivity contribution >= 4 is 0 Å². The van der Waals surface area contributed by atoms with E-state index in [2.05, 4.69) is 5.32 Å². The molecule has 0 saturated heterocycles. The third kappa shape index (κ3) is 4.24. The molecule has 1 aromatic rings. The Morgan fingerprint density at radius 2 is 2.00 bits per heavy atom. The van der Waals surface area contributed by atoms with Crippen molar-refractivity contribution in [2.24, 2.45) is 0 Å². The van der Waals surface area contributed by atoms with Crippen LogP contribution in [0.2, 0.25) is 0 Å². The number of ether oxygens (including phenoxy) is 1. The number of hydrogen-bond acceptors (Lipinski definition) is 4. The molecule has 3 N–H and O–H groups in total. The Hall–Kier alpha value is -1.26. The number of phenolic OH excluding ortho intramolecular Hbond substituents is 2. The van der Waals surface area contributed by atoms with Crippen LogP contribution in [0.1, 0.15) is 26.3 Å². The summed E-state index contributed by atoms with van der Waals surface area (Å²) in [6.07, 6.45) is 0. The first-order chi connectivity index (χ1) is 7.96. The summed E-state index contributed by atoms with van der Waals surface area (Å²) in [5.74, 6) is -0.150. The number of aromatic hydroxyl groups is 2. The number of rotatable bonds is 6. The van der Waals surface area contributed by atoms with Gasteiger partial charge in [0, 0.05) is 25.3 Å². The molecule has 0 aromatic heterocycles. The zero-order chi connectivity index (χ0) is 12.9. The van der Waals surface area contributed by atoms with Gasteiger partial charge in [0.05, 0.1) is 5.60 Å². The molecule has 0 amide bonds. The van der Waals surface area contributed by atoms with Gasteiger partial charge in [-0.1, -0.05) is 12.1 Å². The van der Waals surface area contributed by atoms with E-state index in [1.165, 1.54) is 6.07 Å². The van der Waals surface area contributed by atoms with Gasteiger partial charge in [0.25, 0.3) is 0 Å². The molecule has 96 valence electrons. The van der Waals surface area contributed by atoms with Crippen LogP contribution in [-0.4, -0.2) is 29.0 Å². The van der Waals surface area contributed by atoms with Crippen molar-refractivity contribution in [2.45, 2.75) is 32.9 Å². The first kappa shape index (κ1) is 13.8. The molecule has 0 radical (unpaired) electrons. The first-order valence-corrected chi connectivity index (χ1v) is 5.81. The largest absolute Gasteiger partial charge is 0.504 e. The lowest BCUT2D eigenvalue weighted by Crippen LogP contribution is -2.37. The maximum atomic E-state index is 9.61. The molecule has 1 aromatic carbocycles. The SMILES string of the molecule is CCOC(C)(C)CNCc1cccc(O)c1O. The minimum Gasteiger partial charge on any atom is -0.504 e. The van der Waals surface area contributed by atoms with E-state index in [-0.39, 0.29) is 17.1 Å².